The summed E-state index contributed by atoms with van der Waals surface area (Å²) in [5.41, 5.74) is 3.04. The summed E-state index contributed by atoms with van der Waals surface area (Å²) in [5.74, 6) is 5.05. The molecule has 0 unspecified atom stereocenters. The van der Waals surface area contributed by atoms with Gasteiger partial charge in [0.25, 0.3) is 0 Å². The zero-order valence-electron chi connectivity index (χ0n) is 15.1. The first-order chi connectivity index (χ1) is 13.0. The summed E-state index contributed by atoms with van der Waals surface area (Å²) in [7, 11) is 3.39. The minimum Gasteiger partial charge on any atom is -0.494 e. The lowest BCUT2D eigenvalue weighted by atomic mass is 10.1. The second kappa shape index (κ2) is 7.61. The van der Waals surface area contributed by atoms with Gasteiger partial charge in [0.05, 0.1) is 19.9 Å². The highest BCUT2D eigenvalue weighted by Crippen LogP contribution is 2.33. The van der Waals surface area contributed by atoms with E-state index in [0.29, 0.717) is 16.8 Å². The molecule has 2 aromatic heterocycles. The number of aryl methyl sites for hydroxylation is 1. The van der Waals surface area contributed by atoms with Crippen LogP contribution in [0.5, 0.6) is 5.75 Å². The number of hydrogen-bond donors (Lipinski definition) is 3. The maximum absolute atomic E-state index is 11.9. The number of methoxy groups -OCH3 is 1. The van der Waals surface area contributed by atoms with E-state index < -0.39 is 5.91 Å². The molecular formula is C18H18N6O3. The number of nitrogens with one attached hydrogen (secondary N) is 3. The average Bonchev–Trinajstić information content (AvgIpc) is 3.23. The van der Waals surface area contributed by atoms with Gasteiger partial charge in [-0.3, -0.25) is 19.6 Å². The Balaban J connectivity index is 1.89. The molecule has 0 atom stereocenters. The number of imidazole rings is 1. The standard InChI is InChI=1S/C18H18N6O3/c1-11(25)19-8-4-5-15(26)21-18-22-16-13(12-9-20-24(2)10-12)6-7-14(27-3)17(16)23-18/h6-7,9-10H,8H2,1-3H3,(H,19,25)(H2,21,22,23,26). The van der Waals surface area contributed by atoms with Gasteiger partial charge in [0.2, 0.25) is 11.9 Å². The highest BCUT2D eigenvalue weighted by Gasteiger charge is 2.15. The van der Waals surface area contributed by atoms with Gasteiger partial charge >= 0.3 is 5.91 Å². The van der Waals surface area contributed by atoms with Gasteiger partial charge in [-0.1, -0.05) is 5.92 Å². The lowest BCUT2D eigenvalue weighted by Crippen LogP contribution is -2.20. The monoisotopic (exact) mass is 366 g/mol. The van der Waals surface area contributed by atoms with Crippen molar-refractivity contribution in [1.29, 1.82) is 0 Å². The molecule has 3 rings (SSSR count). The molecule has 0 bridgehead atoms. The molecule has 0 spiro atoms. The van der Waals surface area contributed by atoms with Crippen molar-refractivity contribution in [3.8, 4) is 28.7 Å². The normalized spacial score (nSPS) is 10.2. The number of anilines is 1. The minimum absolute atomic E-state index is 0.0991. The molecule has 2 amide bonds. The summed E-state index contributed by atoms with van der Waals surface area (Å²) in [6.07, 6.45) is 3.61. The van der Waals surface area contributed by atoms with Crippen LogP contribution in [0.3, 0.4) is 0 Å². The number of ether oxygens (including phenoxy) is 1. The third kappa shape index (κ3) is 4.07. The van der Waals surface area contributed by atoms with E-state index in [-0.39, 0.29) is 18.4 Å². The Hall–Kier alpha value is -3.80. The number of rotatable bonds is 4. The third-order valence-electron chi connectivity index (χ3n) is 3.70. The van der Waals surface area contributed by atoms with E-state index in [1.165, 1.54) is 6.92 Å². The van der Waals surface area contributed by atoms with Gasteiger partial charge in [-0.05, 0) is 18.1 Å². The molecule has 3 N–H and O–H groups in total. The summed E-state index contributed by atoms with van der Waals surface area (Å²) in [6.45, 7) is 1.48. The van der Waals surface area contributed by atoms with E-state index in [9.17, 15) is 9.59 Å². The van der Waals surface area contributed by atoms with E-state index >= 15 is 0 Å². The number of carbonyl (C=O) groups is 2. The second-order valence-corrected chi connectivity index (χ2v) is 5.69. The molecule has 27 heavy (non-hydrogen) atoms. The number of amides is 2. The van der Waals surface area contributed by atoms with Crippen LogP contribution in [0, 0.1) is 11.8 Å². The molecular weight excluding hydrogens is 348 g/mol. The van der Waals surface area contributed by atoms with Crippen molar-refractivity contribution >= 4 is 28.8 Å². The molecule has 138 valence electrons. The van der Waals surface area contributed by atoms with Crippen molar-refractivity contribution in [3.63, 3.8) is 0 Å². The van der Waals surface area contributed by atoms with Crippen LogP contribution in [0.25, 0.3) is 22.2 Å². The molecule has 3 aromatic rings. The molecule has 0 saturated heterocycles. The molecule has 0 radical (unpaired) electrons. The Morgan fingerprint density at radius 1 is 1.37 bits per heavy atom. The first-order valence-corrected chi connectivity index (χ1v) is 8.08. The third-order valence-corrected chi connectivity index (χ3v) is 3.70. The first kappa shape index (κ1) is 18.0. The van der Waals surface area contributed by atoms with Gasteiger partial charge in [0, 0.05) is 31.3 Å². The van der Waals surface area contributed by atoms with Gasteiger partial charge in [-0.15, -0.1) is 0 Å². The number of carbonyl (C=O) groups excluding carboxylic acids is 2. The molecule has 1 aromatic carbocycles. The first-order valence-electron chi connectivity index (χ1n) is 8.08. The van der Waals surface area contributed by atoms with Crippen LogP contribution in [-0.2, 0) is 16.6 Å². The van der Waals surface area contributed by atoms with Crippen LogP contribution in [0.15, 0.2) is 24.5 Å². The van der Waals surface area contributed by atoms with Crippen molar-refractivity contribution in [2.24, 2.45) is 7.05 Å². The number of aromatic nitrogens is 4. The molecule has 0 fully saturated rings. The second-order valence-electron chi connectivity index (χ2n) is 5.69. The number of aromatic amines is 1. The van der Waals surface area contributed by atoms with Gasteiger partial charge < -0.3 is 15.0 Å². The van der Waals surface area contributed by atoms with Crippen molar-refractivity contribution in [2.75, 3.05) is 19.0 Å². The highest BCUT2D eigenvalue weighted by atomic mass is 16.5. The van der Waals surface area contributed by atoms with Crippen LogP contribution in [0.4, 0.5) is 5.95 Å². The Morgan fingerprint density at radius 2 is 2.19 bits per heavy atom. The Kier molecular flexibility index (Phi) is 5.08. The molecule has 0 aliphatic carbocycles. The van der Waals surface area contributed by atoms with E-state index in [0.717, 1.165) is 11.1 Å². The average molecular weight is 366 g/mol. The van der Waals surface area contributed by atoms with Crippen molar-refractivity contribution < 1.29 is 14.3 Å². The smallest absolute Gasteiger partial charge is 0.302 e. The summed E-state index contributed by atoms with van der Waals surface area (Å²) < 4.78 is 7.07. The quantitative estimate of drug-likeness (QED) is 0.597. The minimum atomic E-state index is -0.540. The predicted molar refractivity (Wildman–Crippen MR) is 99.9 cm³/mol. The molecule has 9 nitrogen and oxygen atoms in total. The van der Waals surface area contributed by atoms with Crippen LogP contribution >= 0.6 is 0 Å². The van der Waals surface area contributed by atoms with Crippen molar-refractivity contribution in [3.05, 3.63) is 24.5 Å². The van der Waals surface area contributed by atoms with Gasteiger partial charge in [0.15, 0.2) is 0 Å². The fourth-order valence-corrected chi connectivity index (χ4v) is 2.52. The molecule has 9 heteroatoms. The lowest BCUT2D eigenvalue weighted by molar-refractivity contribution is -0.118. The molecule has 0 aliphatic heterocycles. The van der Waals surface area contributed by atoms with E-state index in [4.69, 9.17) is 4.74 Å². The number of benzene rings is 1. The lowest BCUT2D eigenvalue weighted by Gasteiger charge is -2.04. The zero-order valence-corrected chi connectivity index (χ0v) is 15.1. The van der Waals surface area contributed by atoms with Crippen LogP contribution in [0.1, 0.15) is 6.92 Å². The Morgan fingerprint density at radius 3 is 2.85 bits per heavy atom. The maximum Gasteiger partial charge on any atom is 0.302 e. The fourth-order valence-electron chi connectivity index (χ4n) is 2.52. The van der Waals surface area contributed by atoms with Crippen molar-refractivity contribution in [2.45, 2.75) is 6.92 Å². The van der Waals surface area contributed by atoms with Gasteiger partial charge in [-0.2, -0.15) is 5.10 Å². The largest absolute Gasteiger partial charge is 0.494 e. The molecule has 2 heterocycles. The Labute approximate surface area is 155 Å². The fraction of sp³-hybridized carbons (Fsp3) is 0.222. The zero-order chi connectivity index (χ0) is 19.4. The predicted octanol–water partition coefficient (Wildman–Crippen LogP) is 1.05. The van der Waals surface area contributed by atoms with Crippen LogP contribution < -0.4 is 15.4 Å². The number of H-pyrrole nitrogens is 1. The molecule has 0 aliphatic rings. The summed E-state index contributed by atoms with van der Waals surface area (Å²) in [4.78, 5) is 30.2. The van der Waals surface area contributed by atoms with Crippen LogP contribution in [0.2, 0.25) is 0 Å². The topological polar surface area (TPSA) is 114 Å². The van der Waals surface area contributed by atoms with E-state index in [1.807, 2.05) is 25.4 Å². The van der Waals surface area contributed by atoms with Gasteiger partial charge in [-0.25, -0.2) is 4.98 Å². The van der Waals surface area contributed by atoms with Gasteiger partial charge in [0.1, 0.15) is 16.8 Å². The maximum atomic E-state index is 11.9. The highest BCUT2D eigenvalue weighted by molar-refractivity contribution is 6.04. The van der Waals surface area contributed by atoms with Crippen molar-refractivity contribution in [1.82, 2.24) is 25.1 Å². The molecule has 0 saturated carbocycles. The number of fused-ring (bicyclic) bond motifs is 1. The summed E-state index contributed by atoms with van der Waals surface area (Å²) in [5, 5.41) is 9.26. The van der Waals surface area contributed by atoms with E-state index in [1.54, 1.807) is 18.0 Å². The SMILES string of the molecule is COc1ccc(-c2cnn(C)c2)c2nc(NC(=O)C#CCNC(C)=O)[nH]c12. The van der Waals surface area contributed by atoms with E-state index in [2.05, 4.69) is 37.5 Å². The van der Waals surface area contributed by atoms with Crippen LogP contribution in [-0.4, -0.2) is 45.2 Å². The number of hydrogen-bond acceptors (Lipinski definition) is 5. The Bertz CT molecular complexity index is 1070. The summed E-state index contributed by atoms with van der Waals surface area (Å²) >= 11 is 0. The number of nitrogens with zero attached hydrogens (tertiary/aromatic N) is 3. The summed E-state index contributed by atoms with van der Waals surface area (Å²) in [6, 6.07) is 3.71.